The third-order valence-electron chi connectivity index (χ3n) is 10.3. The summed E-state index contributed by atoms with van der Waals surface area (Å²) >= 11 is 1.65. The number of carbonyl (C=O) groups is 2. The third kappa shape index (κ3) is 4.04. The Bertz CT molecular complexity index is 1160. The predicted molar refractivity (Wildman–Crippen MR) is 144 cm³/mol. The maximum absolute atomic E-state index is 13.7. The molecule has 0 saturated heterocycles. The molecule has 4 nitrogen and oxygen atoms in total. The zero-order valence-electron chi connectivity index (χ0n) is 21.5. The van der Waals surface area contributed by atoms with Gasteiger partial charge in [0.1, 0.15) is 5.57 Å². The smallest absolute Gasteiger partial charge is 0.257 e. The molecule has 3 aliphatic carbocycles. The van der Waals surface area contributed by atoms with Gasteiger partial charge in [-0.3, -0.25) is 9.59 Å². The van der Waals surface area contributed by atoms with Gasteiger partial charge in [-0.05, 0) is 85.1 Å². The van der Waals surface area contributed by atoms with Crippen LogP contribution in [-0.4, -0.2) is 17.9 Å². The molecule has 3 fully saturated rings. The maximum atomic E-state index is 13.7. The molecule has 1 aromatic carbocycles. The van der Waals surface area contributed by atoms with Crippen molar-refractivity contribution < 1.29 is 9.59 Å². The van der Waals surface area contributed by atoms with Gasteiger partial charge in [-0.1, -0.05) is 62.7 Å². The van der Waals surface area contributed by atoms with Gasteiger partial charge in [-0.2, -0.15) is 0 Å². The summed E-state index contributed by atoms with van der Waals surface area (Å²) in [5.41, 5.74) is 1.81. The molecule has 7 atom stereocenters. The quantitative estimate of drug-likeness (QED) is 0.478. The molecule has 5 heteroatoms. The minimum Gasteiger partial charge on any atom is -0.348 e. The van der Waals surface area contributed by atoms with E-state index in [1.165, 1.54) is 44.1 Å². The van der Waals surface area contributed by atoms with Gasteiger partial charge < -0.3 is 10.6 Å². The zero-order valence-corrected chi connectivity index (χ0v) is 22.3. The second-order valence-electron chi connectivity index (χ2n) is 12.2. The maximum Gasteiger partial charge on any atom is 0.257 e. The lowest BCUT2D eigenvalue weighted by Gasteiger charge is -2.58. The second-order valence-corrected chi connectivity index (χ2v) is 13.2. The first kappa shape index (κ1) is 24.0. The van der Waals surface area contributed by atoms with Crippen LogP contribution in [0.2, 0.25) is 0 Å². The first-order chi connectivity index (χ1) is 17.4. The number of rotatable bonds is 5. The Morgan fingerprint density at radius 3 is 2.67 bits per heavy atom. The minimum absolute atomic E-state index is 0.131. The van der Waals surface area contributed by atoms with E-state index < -0.39 is 0 Å². The molecule has 1 aromatic heterocycles. The van der Waals surface area contributed by atoms with Crippen molar-refractivity contribution in [3.63, 3.8) is 0 Å². The lowest BCUT2D eigenvalue weighted by Crippen LogP contribution is -2.60. The molecule has 1 aliphatic heterocycles. The summed E-state index contributed by atoms with van der Waals surface area (Å²) in [5.74, 6) is 1.59. The lowest BCUT2D eigenvalue weighted by atomic mass is 9.48. The monoisotopic (exact) mass is 502 g/mol. The number of benzene rings is 1. The van der Waals surface area contributed by atoms with Crippen LogP contribution >= 0.6 is 11.3 Å². The summed E-state index contributed by atoms with van der Waals surface area (Å²) in [6.07, 6.45) is 11.6. The van der Waals surface area contributed by atoms with Gasteiger partial charge in [0.15, 0.2) is 0 Å². The molecule has 6 rings (SSSR count). The normalized spacial score (nSPS) is 36.1. The topological polar surface area (TPSA) is 58.2 Å². The van der Waals surface area contributed by atoms with Crippen molar-refractivity contribution in [1.82, 2.24) is 10.6 Å². The third-order valence-corrected chi connectivity index (χ3v) is 11.3. The average molecular weight is 503 g/mol. The fraction of sp³-hybridized carbons (Fsp3) is 0.548. The molecule has 2 N–H and O–H groups in total. The number of amides is 2. The molecule has 36 heavy (non-hydrogen) atoms. The highest BCUT2D eigenvalue weighted by Gasteiger charge is 2.58. The van der Waals surface area contributed by atoms with Crippen LogP contribution in [0, 0.1) is 28.6 Å². The standard InChI is InChI=1S/C31H38N2O2S/c1-30-15-6-10-23(30)21-12-13-27-31(2,24(21)14-16-30)19-22(29(35)33-27)28(34)32-25(26-11-7-17-36-26)18-20-8-4-3-5-9-20/h3-5,7-9,11,17,19,21,23-25,27H,6,10,12-16,18H2,1-2H3,(H,32,34)(H,33,35)/t21-,23-,24+,25?,27?,30-,31+/m0/s1. The van der Waals surface area contributed by atoms with Crippen molar-refractivity contribution >= 4 is 23.2 Å². The molecule has 2 aromatic rings. The van der Waals surface area contributed by atoms with Gasteiger partial charge in [0.25, 0.3) is 11.8 Å². The highest BCUT2D eigenvalue weighted by molar-refractivity contribution is 7.10. The SMILES string of the molecule is C[C@@]12CCC[C@H]1[C@@H]1CCC3NC(=O)C(C(=O)NC(Cc4ccccc4)c4cccs4)=C[C@]3(C)[C@@H]1CC2. The van der Waals surface area contributed by atoms with E-state index >= 15 is 0 Å². The van der Waals surface area contributed by atoms with Crippen LogP contribution in [0.25, 0.3) is 0 Å². The summed E-state index contributed by atoms with van der Waals surface area (Å²) in [6, 6.07) is 14.3. The average Bonchev–Trinajstić information content (AvgIpc) is 3.54. The predicted octanol–water partition coefficient (Wildman–Crippen LogP) is 6.21. The molecule has 4 aliphatic rings. The van der Waals surface area contributed by atoms with Crippen LogP contribution in [0.15, 0.2) is 59.5 Å². The summed E-state index contributed by atoms with van der Waals surface area (Å²) in [5, 5.41) is 8.56. The van der Waals surface area contributed by atoms with E-state index in [2.05, 4.69) is 48.8 Å². The van der Waals surface area contributed by atoms with Crippen LogP contribution in [-0.2, 0) is 16.0 Å². The van der Waals surface area contributed by atoms with Gasteiger partial charge in [0.2, 0.25) is 0 Å². The second kappa shape index (κ2) is 9.16. The number of carbonyl (C=O) groups excluding carboxylic acids is 2. The molecule has 2 unspecified atom stereocenters. The van der Waals surface area contributed by atoms with Crippen molar-refractivity contribution in [3.05, 3.63) is 69.9 Å². The summed E-state index contributed by atoms with van der Waals surface area (Å²) in [7, 11) is 0. The molecule has 0 radical (unpaired) electrons. The number of fused-ring (bicyclic) bond motifs is 5. The molecule has 0 spiro atoms. The van der Waals surface area contributed by atoms with Crippen molar-refractivity contribution in [2.45, 2.75) is 77.3 Å². The Labute approximate surface area is 219 Å². The van der Waals surface area contributed by atoms with Gasteiger partial charge >= 0.3 is 0 Å². The first-order valence-electron chi connectivity index (χ1n) is 13.8. The van der Waals surface area contributed by atoms with Gasteiger partial charge in [0, 0.05) is 16.3 Å². The number of thiophene rings is 1. The Morgan fingerprint density at radius 2 is 1.89 bits per heavy atom. The molecule has 190 valence electrons. The van der Waals surface area contributed by atoms with E-state index in [9.17, 15) is 9.59 Å². The van der Waals surface area contributed by atoms with Crippen LogP contribution in [0.4, 0.5) is 0 Å². The summed E-state index contributed by atoms with van der Waals surface area (Å²) in [6.45, 7) is 4.84. The lowest BCUT2D eigenvalue weighted by molar-refractivity contribution is -0.128. The Hall–Kier alpha value is -2.40. The zero-order chi connectivity index (χ0) is 24.9. The number of hydrogen-bond donors (Lipinski definition) is 2. The molecular weight excluding hydrogens is 464 g/mol. The summed E-state index contributed by atoms with van der Waals surface area (Å²) < 4.78 is 0. The largest absolute Gasteiger partial charge is 0.348 e. The van der Waals surface area contributed by atoms with Gasteiger partial charge in [0.05, 0.1) is 6.04 Å². The Morgan fingerprint density at radius 1 is 1.06 bits per heavy atom. The van der Waals surface area contributed by atoms with Gasteiger partial charge in [-0.25, -0.2) is 0 Å². The Balaban J connectivity index is 1.27. The minimum atomic E-state index is -0.245. The van der Waals surface area contributed by atoms with Crippen molar-refractivity contribution in [2.75, 3.05) is 0 Å². The van der Waals surface area contributed by atoms with Crippen LogP contribution < -0.4 is 10.6 Å². The van der Waals surface area contributed by atoms with E-state index in [0.717, 1.165) is 17.2 Å². The van der Waals surface area contributed by atoms with Crippen molar-refractivity contribution in [2.24, 2.45) is 28.6 Å². The van der Waals surface area contributed by atoms with E-state index in [1.807, 2.05) is 29.6 Å². The van der Waals surface area contributed by atoms with Crippen molar-refractivity contribution in [3.8, 4) is 0 Å². The van der Waals surface area contributed by atoms with E-state index in [1.54, 1.807) is 11.3 Å². The first-order valence-corrected chi connectivity index (χ1v) is 14.7. The van der Waals surface area contributed by atoms with Crippen molar-refractivity contribution in [1.29, 1.82) is 0 Å². The van der Waals surface area contributed by atoms with Crippen LogP contribution in [0.1, 0.15) is 75.3 Å². The summed E-state index contributed by atoms with van der Waals surface area (Å²) in [4.78, 5) is 28.0. The van der Waals surface area contributed by atoms with E-state index in [-0.39, 0.29) is 29.3 Å². The molecule has 0 bridgehead atoms. The molecule has 3 saturated carbocycles. The fourth-order valence-corrected chi connectivity index (χ4v) is 9.18. The van der Waals surface area contributed by atoms with E-state index in [0.29, 0.717) is 29.2 Å². The highest BCUT2D eigenvalue weighted by atomic mass is 32.1. The van der Waals surface area contributed by atoms with E-state index in [4.69, 9.17) is 0 Å². The number of nitrogens with one attached hydrogen (secondary N) is 2. The fourth-order valence-electron chi connectivity index (χ4n) is 8.40. The van der Waals surface area contributed by atoms with Gasteiger partial charge in [-0.15, -0.1) is 11.3 Å². The molecule has 2 heterocycles. The highest BCUT2D eigenvalue weighted by Crippen LogP contribution is 2.63. The van der Waals surface area contributed by atoms with Crippen LogP contribution in [0.5, 0.6) is 0 Å². The number of hydrogen-bond acceptors (Lipinski definition) is 3. The molecule has 2 amide bonds. The van der Waals surface area contributed by atoms with Crippen LogP contribution in [0.3, 0.4) is 0 Å². The molecular formula is C31H38N2O2S. The Kier molecular flexibility index (Phi) is 6.10.